The van der Waals surface area contributed by atoms with Crippen molar-refractivity contribution in [2.45, 2.75) is 32.9 Å². The molecule has 2 aromatic heterocycles. The van der Waals surface area contributed by atoms with Crippen LogP contribution >= 0.6 is 11.3 Å². The van der Waals surface area contributed by atoms with E-state index in [2.05, 4.69) is 65.7 Å². The predicted molar refractivity (Wildman–Crippen MR) is 87.4 cm³/mol. The molecule has 108 valence electrons. The van der Waals surface area contributed by atoms with Gasteiger partial charge in [-0.25, -0.2) is 0 Å². The number of nitrogens with zero attached hydrogens (tertiary/aromatic N) is 2. The molecule has 2 heterocycles. The molecular formula is C16H23N3S. The van der Waals surface area contributed by atoms with Gasteiger partial charge in [-0.2, -0.15) is 0 Å². The smallest absolute Gasteiger partial charge is 0.0603 e. The number of hydrogen-bond acceptors (Lipinski definition) is 4. The Labute approximate surface area is 125 Å². The molecule has 2 rings (SSSR count). The number of rotatable bonds is 7. The normalized spacial score (nSPS) is 12.3. The van der Waals surface area contributed by atoms with Crippen LogP contribution in [0.15, 0.2) is 35.8 Å². The van der Waals surface area contributed by atoms with Crippen molar-refractivity contribution in [2.75, 3.05) is 18.5 Å². The second kappa shape index (κ2) is 7.41. The van der Waals surface area contributed by atoms with Crippen molar-refractivity contribution in [3.63, 3.8) is 0 Å². The maximum absolute atomic E-state index is 4.43. The molecule has 0 aliphatic heterocycles. The molecule has 0 saturated heterocycles. The van der Waals surface area contributed by atoms with Crippen LogP contribution in [0.5, 0.6) is 0 Å². The fraction of sp³-hybridized carbons (Fsp3) is 0.438. The Kier molecular flexibility index (Phi) is 5.56. The summed E-state index contributed by atoms with van der Waals surface area (Å²) in [6, 6.07) is 8.93. The molecule has 0 radical (unpaired) electrons. The Morgan fingerprint density at radius 2 is 2.25 bits per heavy atom. The van der Waals surface area contributed by atoms with Crippen molar-refractivity contribution in [2.24, 2.45) is 0 Å². The number of nitrogens with one attached hydrogen (secondary N) is 1. The van der Waals surface area contributed by atoms with Gasteiger partial charge < -0.3 is 10.2 Å². The Hall–Kier alpha value is -1.39. The summed E-state index contributed by atoms with van der Waals surface area (Å²) in [4.78, 5) is 8.12. The monoisotopic (exact) mass is 289 g/mol. The van der Waals surface area contributed by atoms with E-state index >= 15 is 0 Å². The van der Waals surface area contributed by atoms with Crippen molar-refractivity contribution in [1.82, 2.24) is 10.3 Å². The van der Waals surface area contributed by atoms with Crippen LogP contribution in [0.3, 0.4) is 0 Å². The summed E-state index contributed by atoms with van der Waals surface area (Å²) >= 11 is 1.81. The highest BCUT2D eigenvalue weighted by molar-refractivity contribution is 7.10. The molecule has 0 aliphatic rings. The molecule has 3 nitrogen and oxygen atoms in total. The van der Waals surface area contributed by atoms with Gasteiger partial charge in [0.25, 0.3) is 0 Å². The molecular weight excluding hydrogens is 266 g/mol. The van der Waals surface area contributed by atoms with E-state index in [1.165, 1.54) is 10.6 Å². The number of pyridine rings is 1. The summed E-state index contributed by atoms with van der Waals surface area (Å²) < 4.78 is 0. The molecule has 20 heavy (non-hydrogen) atoms. The second-order valence-electron chi connectivity index (χ2n) is 4.98. The first-order valence-corrected chi connectivity index (χ1v) is 8.02. The summed E-state index contributed by atoms with van der Waals surface area (Å²) in [5.74, 6) is 0. The maximum Gasteiger partial charge on any atom is 0.0603 e. The largest absolute Gasteiger partial charge is 0.367 e. The van der Waals surface area contributed by atoms with Crippen LogP contribution in [0.4, 0.5) is 5.69 Å². The van der Waals surface area contributed by atoms with Gasteiger partial charge in [-0.15, -0.1) is 11.3 Å². The number of thiophene rings is 1. The number of anilines is 1. The van der Waals surface area contributed by atoms with Gasteiger partial charge in [0.2, 0.25) is 0 Å². The zero-order chi connectivity index (χ0) is 14.4. The third-order valence-electron chi connectivity index (χ3n) is 3.48. The van der Waals surface area contributed by atoms with Crippen molar-refractivity contribution < 1.29 is 0 Å². The fourth-order valence-corrected chi connectivity index (χ4v) is 2.94. The lowest BCUT2D eigenvalue weighted by molar-refractivity contribution is 0.663. The summed E-state index contributed by atoms with van der Waals surface area (Å²) in [5.41, 5.74) is 2.32. The van der Waals surface area contributed by atoms with Gasteiger partial charge >= 0.3 is 0 Å². The first-order chi connectivity index (χ1) is 9.72. The molecule has 0 fully saturated rings. The molecule has 0 bridgehead atoms. The van der Waals surface area contributed by atoms with E-state index < -0.39 is 0 Å². The van der Waals surface area contributed by atoms with Crippen LogP contribution in [-0.2, 0) is 6.54 Å². The van der Waals surface area contributed by atoms with E-state index in [-0.39, 0.29) is 0 Å². The molecule has 0 aliphatic carbocycles. The lowest BCUT2D eigenvalue weighted by atomic mass is 10.2. The minimum atomic E-state index is 0.383. The molecule has 1 atom stereocenters. The molecule has 0 spiro atoms. The first kappa shape index (κ1) is 15.0. The van der Waals surface area contributed by atoms with E-state index in [0.29, 0.717) is 6.04 Å². The number of hydrogen-bond donors (Lipinski definition) is 1. The highest BCUT2D eigenvalue weighted by Gasteiger charge is 2.13. The fourth-order valence-electron chi connectivity index (χ4n) is 2.12. The SMILES string of the molecule is CCCNCc1cc(N(C)C(C)c2cccs2)ccn1. The molecule has 2 aromatic rings. The Morgan fingerprint density at radius 3 is 2.95 bits per heavy atom. The molecule has 0 amide bonds. The third kappa shape index (κ3) is 3.81. The van der Waals surface area contributed by atoms with E-state index in [0.717, 1.165) is 25.2 Å². The van der Waals surface area contributed by atoms with E-state index in [9.17, 15) is 0 Å². The second-order valence-corrected chi connectivity index (χ2v) is 5.96. The van der Waals surface area contributed by atoms with Gasteiger partial charge in [-0.3, -0.25) is 4.98 Å². The standard InChI is InChI=1S/C16H23N3S/c1-4-8-17-12-14-11-15(7-9-18-14)19(3)13(2)16-6-5-10-20-16/h5-7,9-11,13,17H,4,8,12H2,1-3H3. The van der Waals surface area contributed by atoms with E-state index in [1.54, 1.807) is 11.3 Å². The molecule has 0 aromatic carbocycles. The minimum Gasteiger partial charge on any atom is -0.367 e. The minimum absolute atomic E-state index is 0.383. The van der Waals surface area contributed by atoms with Gasteiger partial charge in [0.15, 0.2) is 0 Å². The van der Waals surface area contributed by atoms with Crippen LogP contribution in [0.2, 0.25) is 0 Å². The van der Waals surface area contributed by atoms with Crippen molar-refractivity contribution in [1.29, 1.82) is 0 Å². The van der Waals surface area contributed by atoms with Crippen LogP contribution in [0, 0.1) is 0 Å². The number of aromatic nitrogens is 1. The molecule has 1 N–H and O–H groups in total. The topological polar surface area (TPSA) is 28.2 Å². The average molecular weight is 289 g/mol. The average Bonchev–Trinajstić information content (AvgIpc) is 3.00. The molecule has 1 unspecified atom stereocenters. The Morgan fingerprint density at radius 1 is 1.40 bits per heavy atom. The molecule has 4 heteroatoms. The van der Waals surface area contributed by atoms with Crippen LogP contribution in [0.25, 0.3) is 0 Å². The zero-order valence-corrected chi connectivity index (χ0v) is 13.3. The van der Waals surface area contributed by atoms with E-state index in [1.807, 2.05) is 6.20 Å². The van der Waals surface area contributed by atoms with Gasteiger partial charge in [0.1, 0.15) is 0 Å². The quantitative estimate of drug-likeness (QED) is 0.785. The summed E-state index contributed by atoms with van der Waals surface area (Å²) in [6.45, 7) is 6.28. The first-order valence-electron chi connectivity index (χ1n) is 7.14. The Balaban J connectivity index is 2.06. The van der Waals surface area contributed by atoms with Gasteiger partial charge in [0, 0.05) is 30.4 Å². The summed E-state index contributed by atoms with van der Waals surface area (Å²) in [7, 11) is 2.14. The highest BCUT2D eigenvalue weighted by atomic mass is 32.1. The summed E-state index contributed by atoms with van der Waals surface area (Å²) in [5, 5.41) is 5.53. The zero-order valence-electron chi connectivity index (χ0n) is 12.5. The molecule has 0 saturated carbocycles. The lowest BCUT2D eigenvalue weighted by Crippen LogP contribution is -2.21. The Bertz CT molecular complexity index is 510. The van der Waals surface area contributed by atoms with Crippen LogP contribution < -0.4 is 10.2 Å². The maximum atomic E-state index is 4.43. The van der Waals surface area contributed by atoms with Crippen molar-refractivity contribution in [3.05, 3.63) is 46.4 Å². The van der Waals surface area contributed by atoms with Crippen molar-refractivity contribution >= 4 is 17.0 Å². The lowest BCUT2D eigenvalue weighted by Gasteiger charge is -2.26. The highest BCUT2D eigenvalue weighted by Crippen LogP contribution is 2.28. The van der Waals surface area contributed by atoms with Crippen LogP contribution in [0.1, 0.15) is 36.9 Å². The summed E-state index contributed by atoms with van der Waals surface area (Å²) in [6.07, 6.45) is 3.05. The third-order valence-corrected chi connectivity index (χ3v) is 4.52. The van der Waals surface area contributed by atoms with Crippen LogP contribution in [-0.4, -0.2) is 18.6 Å². The van der Waals surface area contributed by atoms with Crippen molar-refractivity contribution in [3.8, 4) is 0 Å². The predicted octanol–water partition coefficient (Wildman–Crippen LogP) is 3.84. The van der Waals surface area contributed by atoms with E-state index in [4.69, 9.17) is 0 Å². The van der Waals surface area contributed by atoms with Gasteiger partial charge in [0.05, 0.1) is 11.7 Å². The van der Waals surface area contributed by atoms with Gasteiger partial charge in [-0.05, 0) is 43.5 Å². The van der Waals surface area contributed by atoms with Gasteiger partial charge in [-0.1, -0.05) is 13.0 Å².